The molecule has 4 heteroatoms. The molecule has 0 aliphatic heterocycles. The van der Waals surface area contributed by atoms with Crippen LogP contribution in [0.5, 0.6) is 11.5 Å². The number of halogens is 2. The van der Waals surface area contributed by atoms with Gasteiger partial charge in [-0.05, 0) is 42.0 Å². The third-order valence-corrected chi connectivity index (χ3v) is 3.09. The third-order valence-electron chi connectivity index (χ3n) is 2.20. The summed E-state index contributed by atoms with van der Waals surface area (Å²) in [6, 6.07) is 9.67. The van der Waals surface area contributed by atoms with E-state index in [1.807, 2.05) is 0 Å². The molecule has 0 spiro atoms. The van der Waals surface area contributed by atoms with Gasteiger partial charge in [0.05, 0.1) is 0 Å². The highest BCUT2D eigenvalue weighted by atomic mass is 79.9. The van der Waals surface area contributed by atoms with Crippen LogP contribution >= 0.6 is 27.5 Å². The summed E-state index contributed by atoms with van der Waals surface area (Å²) in [6.45, 7) is 0. The van der Waals surface area contributed by atoms with Crippen molar-refractivity contribution in [2.75, 3.05) is 0 Å². The monoisotopic (exact) mass is 298 g/mol. The first-order valence-electron chi connectivity index (χ1n) is 4.55. The van der Waals surface area contributed by atoms with Gasteiger partial charge in [-0.15, -0.1) is 0 Å². The topological polar surface area (TPSA) is 40.5 Å². The average Bonchev–Trinajstić information content (AvgIpc) is 2.22. The van der Waals surface area contributed by atoms with Gasteiger partial charge in [-0.1, -0.05) is 27.5 Å². The van der Waals surface area contributed by atoms with Gasteiger partial charge in [-0.2, -0.15) is 0 Å². The van der Waals surface area contributed by atoms with Gasteiger partial charge in [0.25, 0.3) is 0 Å². The fourth-order valence-corrected chi connectivity index (χ4v) is 2.20. The summed E-state index contributed by atoms with van der Waals surface area (Å²) in [5.74, 6) is 0.313. The fourth-order valence-electron chi connectivity index (χ4n) is 1.45. The van der Waals surface area contributed by atoms with Crippen LogP contribution in [0.3, 0.4) is 0 Å². The Morgan fingerprint density at radius 2 is 1.69 bits per heavy atom. The summed E-state index contributed by atoms with van der Waals surface area (Å²) >= 11 is 9.20. The SMILES string of the molecule is Oc1ccc(-c2cc(Cl)ccc2O)c(Br)c1. The normalized spacial score (nSPS) is 10.4. The number of phenolic OH excluding ortho intramolecular Hbond substituents is 2. The van der Waals surface area contributed by atoms with E-state index in [-0.39, 0.29) is 11.5 Å². The molecule has 2 N–H and O–H groups in total. The van der Waals surface area contributed by atoms with Crippen molar-refractivity contribution in [2.24, 2.45) is 0 Å². The Morgan fingerprint density at radius 1 is 0.938 bits per heavy atom. The van der Waals surface area contributed by atoms with E-state index in [0.717, 1.165) is 5.56 Å². The van der Waals surface area contributed by atoms with Gasteiger partial charge >= 0.3 is 0 Å². The van der Waals surface area contributed by atoms with Crippen LogP contribution in [0.25, 0.3) is 11.1 Å². The minimum absolute atomic E-state index is 0.149. The molecule has 16 heavy (non-hydrogen) atoms. The lowest BCUT2D eigenvalue weighted by atomic mass is 10.0. The predicted molar refractivity (Wildman–Crippen MR) is 67.9 cm³/mol. The van der Waals surface area contributed by atoms with Crippen molar-refractivity contribution in [3.63, 3.8) is 0 Å². The molecule has 2 rings (SSSR count). The molecule has 0 saturated heterocycles. The van der Waals surface area contributed by atoms with Gasteiger partial charge in [0.1, 0.15) is 11.5 Å². The fraction of sp³-hybridized carbons (Fsp3) is 0. The van der Waals surface area contributed by atoms with Gasteiger partial charge < -0.3 is 10.2 Å². The number of phenols is 2. The molecule has 0 amide bonds. The highest BCUT2D eigenvalue weighted by Gasteiger charge is 2.09. The molecule has 2 aromatic rings. The number of hydrogen-bond donors (Lipinski definition) is 2. The molecule has 2 aromatic carbocycles. The van der Waals surface area contributed by atoms with Crippen molar-refractivity contribution in [2.45, 2.75) is 0 Å². The summed E-state index contributed by atoms with van der Waals surface area (Å²) in [5.41, 5.74) is 1.40. The van der Waals surface area contributed by atoms with Crippen LogP contribution in [0.4, 0.5) is 0 Å². The highest BCUT2D eigenvalue weighted by molar-refractivity contribution is 9.10. The first-order valence-corrected chi connectivity index (χ1v) is 5.72. The molecule has 0 aromatic heterocycles. The molecular formula is C12H8BrClO2. The Bertz CT molecular complexity index is 541. The van der Waals surface area contributed by atoms with Crippen LogP contribution in [-0.2, 0) is 0 Å². The smallest absolute Gasteiger partial charge is 0.123 e. The molecular weight excluding hydrogens is 291 g/mol. The first-order chi connectivity index (χ1) is 7.58. The number of hydrogen-bond acceptors (Lipinski definition) is 2. The van der Waals surface area contributed by atoms with Crippen molar-refractivity contribution in [3.8, 4) is 22.6 Å². The highest BCUT2D eigenvalue weighted by Crippen LogP contribution is 2.37. The maximum absolute atomic E-state index is 9.74. The van der Waals surface area contributed by atoms with Gasteiger partial charge in [0.15, 0.2) is 0 Å². The standard InChI is InChI=1S/C12H8BrClO2/c13-11-6-8(15)2-3-9(11)10-5-7(14)1-4-12(10)16/h1-6,15-16H. The largest absolute Gasteiger partial charge is 0.508 e. The van der Waals surface area contributed by atoms with Crippen LogP contribution in [0.15, 0.2) is 40.9 Å². The Kier molecular flexibility index (Phi) is 3.08. The van der Waals surface area contributed by atoms with Crippen molar-refractivity contribution >= 4 is 27.5 Å². The number of benzene rings is 2. The minimum atomic E-state index is 0.149. The third kappa shape index (κ3) is 2.15. The van der Waals surface area contributed by atoms with Gasteiger partial charge in [0.2, 0.25) is 0 Å². The molecule has 0 bridgehead atoms. The summed E-state index contributed by atoms with van der Waals surface area (Å²) in [6.07, 6.45) is 0. The summed E-state index contributed by atoms with van der Waals surface area (Å²) in [4.78, 5) is 0. The lowest BCUT2D eigenvalue weighted by molar-refractivity contribution is 0.474. The van der Waals surface area contributed by atoms with Crippen LogP contribution < -0.4 is 0 Å². The molecule has 0 saturated carbocycles. The van der Waals surface area contributed by atoms with Gasteiger partial charge in [-0.25, -0.2) is 0 Å². The molecule has 0 aliphatic carbocycles. The van der Waals surface area contributed by atoms with E-state index < -0.39 is 0 Å². The van der Waals surface area contributed by atoms with Crippen molar-refractivity contribution in [3.05, 3.63) is 45.9 Å². The number of rotatable bonds is 1. The quantitative estimate of drug-likeness (QED) is 0.829. The second-order valence-electron chi connectivity index (χ2n) is 3.33. The molecule has 82 valence electrons. The van der Waals surface area contributed by atoms with Crippen LogP contribution in [0.1, 0.15) is 0 Å². The van der Waals surface area contributed by atoms with E-state index in [2.05, 4.69) is 15.9 Å². The Morgan fingerprint density at radius 3 is 2.38 bits per heavy atom. The predicted octanol–water partition coefficient (Wildman–Crippen LogP) is 4.18. The molecule has 0 radical (unpaired) electrons. The van der Waals surface area contributed by atoms with Gasteiger partial charge in [-0.3, -0.25) is 0 Å². The minimum Gasteiger partial charge on any atom is -0.508 e. The van der Waals surface area contributed by atoms with E-state index in [1.54, 1.807) is 30.3 Å². The second-order valence-corrected chi connectivity index (χ2v) is 4.62. The van der Waals surface area contributed by atoms with Crippen LogP contribution in [0, 0.1) is 0 Å². The Labute approximate surface area is 106 Å². The summed E-state index contributed by atoms with van der Waals surface area (Å²) < 4.78 is 0.699. The van der Waals surface area contributed by atoms with Gasteiger partial charge in [0, 0.05) is 15.1 Å². The lowest BCUT2D eigenvalue weighted by Crippen LogP contribution is -1.81. The average molecular weight is 300 g/mol. The maximum Gasteiger partial charge on any atom is 0.123 e. The molecule has 2 nitrogen and oxygen atoms in total. The van der Waals surface area contributed by atoms with Crippen LogP contribution in [0.2, 0.25) is 5.02 Å². The number of aromatic hydroxyl groups is 2. The molecule has 0 unspecified atom stereocenters. The van der Waals surface area contributed by atoms with Crippen molar-refractivity contribution < 1.29 is 10.2 Å². The van der Waals surface area contributed by atoms with E-state index in [9.17, 15) is 10.2 Å². The first kappa shape index (κ1) is 11.3. The van der Waals surface area contributed by atoms with E-state index >= 15 is 0 Å². The second kappa shape index (κ2) is 4.36. The summed E-state index contributed by atoms with van der Waals surface area (Å²) in [5, 5.41) is 19.6. The molecule has 0 atom stereocenters. The Balaban J connectivity index is 2.62. The Hall–Kier alpha value is -1.19. The van der Waals surface area contributed by atoms with Crippen molar-refractivity contribution in [1.29, 1.82) is 0 Å². The van der Waals surface area contributed by atoms with E-state index in [0.29, 0.717) is 15.1 Å². The zero-order valence-electron chi connectivity index (χ0n) is 8.11. The van der Waals surface area contributed by atoms with Crippen molar-refractivity contribution in [1.82, 2.24) is 0 Å². The van der Waals surface area contributed by atoms with E-state index in [1.165, 1.54) is 6.07 Å². The molecule has 0 aliphatic rings. The summed E-state index contributed by atoms with van der Waals surface area (Å²) in [7, 11) is 0. The molecule has 0 fully saturated rings. The zero-order valence-corrected chi connectivity index (χ0v) is 10.5. The van der Waals surface area contributed by atoms with E-state index in [4.69, 9.17) is 11.6 Å². The maximum atomic E-state index is 9.74. The molecule has 0 heterocycles. The van der Waals surface area contributed by atoms with Crippen LogP contribution in [-0.4, -0.2) is 10.2 Å². The lowest BCUT2D eigenvalue weighted by Gasteiger charge is -2.08. The zero-order chi connectivity index (χ0) is 11.7.